The normalized spacial score (nSPS) is 24.1. The Bertz CT molecular complexity index is 508. The first-order valence-electron chi connectivity index (χ1n) is 8.64. The molecule has 0 aliphatic carbocycles. The Hall–Kier alpha value is -0.875. The van der Waals surface area contributed by atoms with Crippen molar-refractivity contribution < 1.29 is 14.0 Å². The predicted molar refractivity (Wildman–Crippen MR) is 92.8 cm³/mol. The maximum absolute atomic E-state index is 6.08. The van der Waals surface area contributed by atoms with Crippen LogP contribution in [0.1, 0.15) is 46.1 Å². The molecule has 2 heterocycles. The second-order valence-corrected chi connectivity index (χ2v) is 7.59. The van der Waals surface area contributed by atoms with E-state index < -0.39 is 0 Å². The highest BCUT2D eigenvalue weighted by Crippen LogP contribution is 2.36. The molecule has 126 valence electrons. The molecule has 1 N–H and O–H groups in total. The van der Waals surface area contributed by atoms with Crippen LogP contribution in [0.5, 0.6) is 0 Å². The van der Waals surface area contributed by atoms with Crippen LogP contribution in [0.2, 0.25) is 0 Å². The molecule has 0 aromatic heterocycles. The molecule has 0 unspecified atom stereocenters. The molecule has 5 heteroatoms. The van der Waals surface area contributed by atoms with Gasteiger partial charge < -0.3 is 19.4 Å². The number of ether oxygens (including phenoxy) is 1. The fourth-order valence-corrected chi connectivity index (χ4v) is 2.93. The van der Waals surface area contributed by atoms with Crippen LogP contribution in [0.25, 0.3) is 0 Å². The van der Waals surface area contributed by atoms with Crippen molar-refractivity contribution in [3.63, 3.8) is 0 Å². The highest BCUT2D eigenvalue weighted by molar-refractivity contribution is 6.62. The second kappa shape index (κ2) is 6.56. The fourth-order valence-electron chi connectivity index (χ4n) is 2.93. The van der Waals surface area contributed by atoms with Crippen LogP contribution in [-0.2, 0) is 20.7 Å². The third kappa shape index (κ3) is 3.79. The molecule has 2 saturated heterocycles. The minimum absolute atomic E-state index is 0.292. The van der Waals surface area contributed by atoms with Crippen molar-refractivity contribution in [2.75, 3.05) is 13.1 Å². The summed E-state index contributed by atoms with van der Waals surface area (Å²) in [4.78, 5) is 0. The smallest absolute Gasteiger partial charge is 0.399 e. The average Bonchev–Trinajstić information content (AvgIpc) is 2.75. The van der Waals surface area contributed by atoms with Crippen LogP contribution in [-0.4, -0.2) is 37.5 Å². The summed E-state index contributed by atoms with van der Waals surface area (Å²) in [5.41, 5.74) is 1.67. The second-order valence-electron chi connectivity index (χ2n) is 7.59. The Morgan fingerprint density at radius 2 is 1.61 bits per heavy atom. The van der Waals surface area contributed by atoms with Crippen LogP contribution >= 0.6 is 0 Å². The summed E-state index contributed by atoms with van der Waals surface area (Å²) in [5, 5.41) is 3.36. The van der Waals surface area contributed by atoms with Crippen molar-refractivity contribution >= 4 is 12.6 Å². The van der Waals surface area contributed by atoms with E-state index in [-0.39, 0.29) is 18.3 Å². The molecule has 2 aliphatic heterocycles. The van der Waals surface area contributed by atoms with Gasteiger partial charge in [0.1, 0.15) is 0 Å². The van der Waals surface area contributed by atoms with Gasteiger partial charge in [0.05, 0.1) is 23.9 Å². The molecule has 0 bridgehead atoms. The quantitative estimate of drug-likeness (QED) is 0.865. The molecule has 1 aromatic carbocycles. The van der Waals surface area contributed by atoms with E-state index in [1.54, 1.807) is 0 Å². The molecule has 0 radical (unpaired) electrons. The lowest BCUT2D eigenvalue weighted by Gasteiger charge is -2.32. The summed E-state index contributed by atoms with van der Waals surface area (Å²) >= 11 is 0. The van der Waals surface area contributed by atoms with Gasteiger partial charge in [-0.25, -0.2) is 0 Å². The summed E-state index contributed by atoms with van der Waals surface area (Å²) in [6.45, 7) is 11.1. The van der Waals surface area contributed by atoms with Gasteiger partial charge in [-0.3, -0.25) is 0 Å². The van der Waals surface area contributed by atoms with Crippen molar-refractivity contribution in [2.45, 2.75) is 64.4 Å². The maximum Gasteiger partial charge on any atom is 0.494 e. The molecule has 2 fully saturated rings. The summed E-state index contributed by atoms with van der Waals surface area (Å²) in [7, 11) is -0.292. The lowest BCUT2D eigenvalue weighted by Crippen LogP contribution is -2.41. The van der Waals surface area contributed by atoms with Crippen molar-refractivity contribution in [1.29, 1.82) is 0 Å². The van der Waals surface area contributed by atoms with Gasteiger partial charge in [0.2, 0.25) is 0 Å². The van der Waals surface area contributed by atoms with Crippen molar-refractivity contribution in [2.24, 2.45) is 0 Å². The molecular formula is C18H28BNO3. The molecule has 0 saturated carbocycles. The van der Waals surface area contributed by atoms with Gasteiger partial charge in [0.15, 0.2) is 0 Å². The van der Waals surface area contributed by atoms with E-state index in [2.05, 4.69) is 57.3 Å². The number of benzene rings is 1. The van der Waals surface area contributed by atoms with Crippen LogP contribution < -0.4 is 10.8 Å². The highest BCUT2D eigenvalue weighted by Gasteiger charge is 2.51. The third-order valence-corrected chi connectivity index (χ3v) is 5.28. The molecule has 0 atom stereocenters. The third-order valence-electron chi connectivity index (χ3n) is 5.28. The van der Waals surface area contributed by atoms with Gasteiger partial charge in [-0.15, -0.1) is 0 Å². The number of piperidine rings is 1. The van der Waals surface area contributed by atoms with Crippen molar-refractivity contribution in [1.82, 2.24) is 5.32 Å². The zero-order valence-corrected chi connectivity index (χ0v) is 14.7. The number of rotatable bonds is 4. The Labute approximate surface area is 140 Å². The molecular weight excluding hydrogens is 289 g/mol. The van der Waals surface area contributed by atoms with Crippen molar-refractivity contribution in [3.8, 4) is 0 Å². The number of hydrogen-bond acceptors (Lipinski definition) is 4. The van der Waals surface area contributed by atoms with Gasteiger partial charge >= 0.3 is 7.12 Å². The first kappa shape index (κ1) is 17.0. The predicted octanol–water partition coefficient (Wildman–Crippen LogP) is 2.25. The van der Waals surface area contributed by atoms with Crippen LogP contribution in [0.3, 0.4) is 0 Å². The highest BCUT2D eigenvalue weighted by atomic mass is 16.7. The Morgan fingerprint density at radius 1 is 1.04 bits per heavy atom. The van der Waals surface area contributed by atoms with E-state index in [1.165, 1.54) is 5.56 Å². The average molecular weight is 317 g/mol. The van der Waals surface area contributed by atoms with Gasteiger partial charge in [0.25, 0.3) is 0 Å². The molecule has 1 aromatic rings. The van der Waals surface area contributed by atoms with E-state index in [0.29, 0.717) is 12.7 Å². The maximum atomic E-state index is 6.08. The lowest BCUT2D eigenvalue weighted by molar-refractivity contribution is 0.00578. The SMILES string of the molecule is CC1(C)OB(c2ccc(COC3CCNCC3)cc2)OC1(C)C. The van der Waals surface area contributed by atoms with Crippen LogP contribution in [0.15, 0.2) is 24.3 Å². The fraction of sp³-hybridized carbons (Fsp3) is 0.667. The summed E-state index contributed by atoms with van der Waals surface area (Å²) in [6.07, 6.45) is 2.59. The minimum atomic E-state index is -0.297. The van der Waals surface area contributed by atoms with Gasteiger partial charge in [0, 0.05) is 0 Å². The van der Waals surface area contributed by atoms with E-state index in [0.717, 1.165) is 31.4 Å². The van der Waals surface area contributed by atoms with E-state index in [4.69, 9.17) is 14.0 Å². The van der Waals surface area contributed by atoms with E-state index in [1.807, 2.05) is 0 Å². The zero-order valence-electron chi connectivity index (χ0n) is 14.7. The minimum Gasteiger partial charge on any atom is -0.399 e. The lowest BCUT2D eigenvalue weighted by atomic mass is 9.79. The molecule has 23 heavy (non-hydrogen) atoms. The summed E-state index contributed by atoms with van der Waals surface area (Å²) in [6, 6.07) is 8.40. The Morgan fingerprint density at radius 3 is 2.17 bits per heavy atom. The molecule has 0 spiro atoms. The number of nitrogens with one attached hydrogen (secondary N) is 1. The standard InChI is InChI=1S/C18H28BNO3/c1-17(2)18(3,4)23-19(22-17)15-7-5-14(6-8-15)13-21-16-9-11-20-12-10-16/h5-8,16,20H,9-13H2,1-4H3. The topological polar surface area (TPSA) is 39.7 Å². The van der Waals surface area contributed by atoms with E-state index in [9.17, 15) is 0 Å². The van der Waals surface area contributed by atoms with Gasteiger partial charge in [-0.2, -0.15) is 0 Å². The van der Waals surface area contributed by atoms with E-state index >= 15 is 0 Å². The van der Waals surface area contributed by atoms with Crippen LogP contribution in [0, 0.1) is 0 Å². The first-order valence-corrected chi connectivity index (χ1v) is 8.64. The largest absolute Gasteiger partial charge is 0.494 e. The Balaban J connectivity index is 1.57. The molecule has 3 rings (SSSR count). The monoisotopic (exact) mass is 317 g/mol. The molecule has 2 aliphatic rings. The summed E-state index contributed by atoms with van der Waals surface area (Å²) in [5.74, 6) is 0. The Kier molecular flexibility index (Phi) is 4.84. The molecule has 0 amide bonds. The van der Waals surface area contributed by atoms with Crippen LogP contribution in [0.4, 0.5) is 0 Å². The van der Waals surface area contributed by atoms with Gasteiger partial charge in [-0.05, 0) is 64.7 Å². The zero-order chi connectivity index (χ0) is 16.5. The van der Waals surface area contributed by atoms with Gasteiger partial charge in [-0.1, -0.05) is 24.3 Å². The first-order chi connectivity index (χ1) is 10.9. The number of hydrogen-bond donors (Lipinski definition) is 1. The molecule has 4 nitrogen and oxygen atoms in total. The summed E-state index contributed by atoms with van der Waals surface area (Å²) < 4.78 is 18.2. The van der Waals surface area contributed by atoms with Crippen molar-refractivity contribution in [3.05, 3.63) is 29.8 Å².